The first-order valence-corrected chi connectivity index (χ1v) is 19.2. The Bertz CT molecular complexity index is 1790. The third-order valence-corrected chi connectivity index (χ3v) is 9.89. The van der Waals surface area contributed by atoms with Crippen molar-refractivity contribution in [1.29, 1.82) is 0 Å². The second-order valence-electron chi connectivity index (χ2n) is 14.2. The van der Waals surface area contributed by atoms with Crippen molar-refractivity contribution in [3.8, 4) is 28.0 Å². The van der Waals surface area contributed by atoms with Crippen LogP contribution in [0.4, 0.5) is 0 Å². The summed E-state index contributed by atoms with van der Waals surface area (Å²) in [5.41, 5.74) is 7.95. The van der Waals surface area contributed by atoms with Gasteiger partial charge in [-0.15, -0.1) is 0 Å². The van der Waals surface area contributed by atoms with Crippen molar-refractivity contribution in [2.45, 2.75) is 85.0 Å². The molecule has 0 fully saturated rings. The molecule has 1 aliphatic carbocycles. The molecule has 4 aromatic carbocycles. The minimum Gasteiger partial charge on any atom is -0.462 e. The number of benzene rings is 4. The molecule has 0 bridgehead atoms. The van der Waals surface area contributed by atoms with Gasteiger partial charge in [0.2, 0.25) is 0 Å². The summed E-state index contributed by atoms with van der Waals surface area (Å²) in [5.74, 6) is 1.13. The van der Waals surface area contributed by atoms with Crippen LogP contribution in [0.1, 0.15) is 104 Å². The smallest absolute Gasteiger partial charge is 0.343 e. The van der Waals surface area contributed by atoms with Gasteiger partial charge in [0.1, 0.15) is 5.75 Å². The second kappa shape index (κ2) is 20.2. The molecule has 0 aromatic heterocycles. The molecule has 4 nitrogen and oxygen atoms in total. The Hall–Kier alpha value is -4.96. The minimum absolute atomic E-state index is 0.306. The molecule has 270 valence electrons. The highest BCUT2D eigenvalue weighted by atomic mass is 16.5. The fourth-order valence-electron chi connectivity index (χ4n) is 6.76. The van der Waals surface area contributed by atoms with Crippen LogP contribution in [-0.4, -0.2) is 18.5 Å². The van der Waals surface area contributed by atoms with E-state index >= 15 is 0 Å². The van der Waals surface area contributed by atoms with Crippen molar-refractivity contribution in [3.05, 3.63) is 150 Å². The lowest BCUT2D eigenvalue weighted by atomic mass is 9.81. The van der Waals surface area contributed by atoms with Gasteiger partial charge in [-0.1, -0.05) is 135 Å². The predicted molar refractivity (Wildman–Crippen MR) is 215 cm³/mol. The summed E-state index contributed by atoms with van der Waals surface area (Å²) in [6.07, 6.45) is 23.2. The Morgan fingerprint density at radius 3 is 1.92 bits per heavy atom. The molecule has 0 N–H and O–H groups in total. The standard InChI is InChI=1S/C48H54O4/c1-4-5-9-17-45(38-15-11-8-12-16-38)35-37(3)14-10-6-7-13-34-51-47(49)43-26-22-41(23-27-43)42-30-32-46(33-31-42)52-48(50)44-28-24-40(25-29-44)39-20-18-36(2)19-21-39/h6,8,10-11,15,18-33,37,45H,4-5,7,9,12-14,16-17,34-35H2,1-3H3/b10-6-. The Kier molecular flexibility index (Phi) is 14.8. The number of allylic oxidation sites excluding steroid dienone is 6. The van der Waals surface area contributed by atoms with E-state index in [9.17, 15) is 9.59 Å². The number of unbranched alkanes of at least 4 members (excludes halogenated alkanes) is 3. The van der Waals surface area contributed by atoms with Crippen molar-refractivity contribution in [1.82, 2.24) is 0 Å². The molecular formula is C48H54O4. The van der Waals surface area contributed by atoms with Gasteiger partial charge in [-0.3, -0.25) is 0 Å². The van der Waals surface area contributed by atoms with E-state index in [2.05, 4.69) is 75.4 Å². The molecule has 0 spiro atoms. The molecule has 0 amide bonds. The van der Waals surface area contributed by atoms with Gasteiger partial charge in [0.05, 0.1) is 17.7 Å². The Labute approximate surface area is 311 Å². The molecule has 2 unspecified atom stereocenters. The van der Waals surface area contributed by atoms with Crippen molar-refractivity contribution in [2.75, 3.05) is 6.61 Å². The number of esters is 2. The highest BCUT2D eigenvalue weighted by Gasteiger charge is 2.17. The maximum Gasteiger partial charge on any atom is 0.343 e. The average molecular weight is 695 g/mol. The Morgan fingerprint density at radius 1 is 0.731 bits per heavy atom. The van der Waals surface area contributed by atoms with Crippen LogP contribution in [-0.2, 0) is 4.74 Å². The maximum absolute atomic E-state index is 12.8. The van der Waals surface area contributed by atoms with Crippen molar-refractivity contribution < 1.29 is 19.1 Å². The molecule has 0 aliphatic heterocycles. The first kappa shape index (κ1) is 38.3. The molecular weight excluding hydrogens is 641 g/mol. The number of hydrogen-bond donors (Lipinski definition) is 0. The van der Waals surface area contributed by atoms with Gasteiger partial charge in [-0.25, -0.2) is 9.59 Å². The molecule has 0 heterocycles. The molecule has 4 heteroatoms. The number of ether oxygens (including phenoxy) is 2. The number of carbonyl (C=O) groups excluding carboxylic acids is 2. The van der Waals surface area contributed by atoms with Crippen molar-refractivity contribution in [2.24, 2.45) is 11.8 Å². The molecule has 1 aliphatic rings. The fourth-order valence-corrected chi connectivity index (χ4v) is 6.76. The summed E-state index contributed by atoms with van der Waals surface area (Å²) < 4.78 is 11.2. The van der Waals surface area contributed by atoms with Gasteiger partial charge in [-0.2, -0.15) is 0 Å². The van der Waals surface area contributed by atoms with Gasteiger partial charge in [-0.05, 0) is 122 Å². The van der Waals surface area contributed by atoms with Crippen LogP contribution >= 0.6 is 0 Å². The van der Waals surface area contributed by atoms with E-state index in [4.69, 9.17) is 9.47 Å². The number of hydrogen-bond acceptors (Lipinski definition) is 4. The summed E-state index contributed by atoms with van der Waals surface area (Å²) in [4.78, 5) is 25.4. The van der Waals surface area contributed by atoms with Gasteiger partial charge < -0.3 is 9.47 Å². The average Bonchev–Trinajstić information content (AvgIpc) is 3.18. The van der Waals surface area contributed by atoms with Crippen LogP contribution in [0.5, 0.6) is 5.75 Å². The normalized spacial score (nSPS) is 13.8. The van der Waals surface area contributed by atoms with E-state index in [-0.39, 0.29) is 5.97 Å². The van der Waals surface area contributed by atoms with Crippen LogP contribution in [0.25, 0.3) is 22.3 Å². The van der Waals surface area contributed by atoms with Crippen molar-refractivity contribution in [3.63, 3.8) is 0 Å². The zero-order valence-corrected chi connectivity index (χ0v) is 31.2. The maximum atomic E-state index is 12.8. The predicted octanol–water partition coefficient (Wildman–Crippen LogP) is 12.9. The first-order chi connectivity index (χ1) is 25.4. The van der Waals surface area contributed by atoms with E-state index in [1.54, 1.807) is 42.0 Å². The van der Waals surface area contributed by atoms with Crippen LogP contribution in [0.3, 0.4) is 0 Å². The molecule has 5 rings (SSSR count). The Balaban J connectivity index is 1.01. The molecule has 0 saturated carbocycles. The largest absolute Gasteiger partial charge is 0.462 e. The number of carbonyl (C=O) groups is 2. The highest BCUT2D eigenvalue weighted by Crippen LogP contribution is 2.32. The molecule has 0 saturated heterocycles. The third-order valence-electron chi connectivity index (χ3n) is 9.89. The second-order valence-corrected chi connectivity index (χ2v) is 14.2. The van der Waals surface area contributed by atoms with Crippen molar-refractivity contribution >= 4 is 11.9 Å². The summed E-state index contributed by atoms with van der Waals surface area (Å²) in [6.45, 7) is 7.12. The zero-order chi connectivity index (χ0) is 36.5. The molecule has 0 radical (unpaired) electrons. The van der Waals surface area contributed by atoms with E-state index in [0.29, 0.717) is 35.3 Å². The van der Waals surface area contributed by atoms with Gasteiger partial charge in [0.15, 0.2) is 0 Å². The van der Waals surface area contributed by atoms with E-state index < -0.39 is 5.97 Å². The SMILES string of the molecule is CCCCCC(CC(C)C/C=C\CCCOC(=O)c1ccc(-c2ccc(OC(=O)c3ccc(-c4ccc(C)cc4)cc3)cc2)cc1)C1=CC=CCC1. The first-order valence-electron chi connectivity index (χ1n) is 19.2. The lowest BCUT2D eigenvalue weighted by Gasteiger charge is -2.24. The van der Waals surface area contributed by atoms with Gasteiger partial charge in [0.25, 0.3) is 0 Å². The number of rotatable bonds is 18. The van der Waals surface area contributed by atoms with E-state index in [0.717, 1.165) is 41.5 Å². The van der Waals surface area contributed by atoms with Crippen LogP contribution in [0.2, 0.25) is 0 Å². The third kappa shape index (κ3) is 11.8. The lowest BCUT2D eigenvalue weighted by molar-refractivity contribution is 0.0501. The summed E-state index contributed by atoms with van der Waals surface area (Å²) in [6, 6.07) is 30.5. The Morgan fingerprint density at radius 2 is 1.33 bits per heavy atom. The fraction of sp³-hybridized carbons (Fsp3) is 0.333. The zero-order valence-electron chi connectivity index (χ0n) is 31.2. The molecule has 52 heavy (non-hydrogen) atoms. The summed E-state index contributed by atoms with van der Waals surface area (Å²) in [5, 5.41) is 0. The van der Waals surface area contributed by atoms with E-state index in [1.165, 1.54) is 50.5 Å². The molecule has 2 atom stereocenters. The van der Waals surface area contributed by atoms with Gasteiger partial charge in [0, 0.05) is 0 Å². The van der Waals surface area contributed by atoms with Crippen LogP contribution in [0.15, 0.2) is 133 Å². The quantitative estimate of drug-likeness (QED) is 0.0450. The summed E-state index contributed by atoms with van der Waals surface area (Å²) >= 11 is 0. The molecule has 4 aromatic rings. The van der Waals surface area contributed by atoms with Gasteiger partial charge >= 0.3 is 11.9 Å². The lowest BCUT2D eigenvalue weighted by Crippen LogP contribution is -2.11. The summed E-state index contributed by atoms with van der Waals surface area (Å²) in [7, 11) is 0. The monoisotopic (exact) mass is 694 g/mol. The van der Waals surface area contributed by atoms with Crippen LogP contribution < -0.4 is 4.74 Å². The highest BCUT2D eigenvalue weighted by molar-refractivity contribution is 5.92. The topological polar surface area (TPSA) is 52.6 Å². The van der Waals surface area contributed by atoms with E-state index in [1.807, 2.05) is 36.4 Å². The number of aryl methyl sites for hydroxylation is 1. The minimum atomic E-state index is -0.403. The van der Waals surface area contributed by atoms with Crippen LogP contribution in [0, 0.1) is 18.8 Å².